The van der Waals surface area contributed by atoms with Gasteiger partial charge in [-0.15, -0.1) is 0 Å². The number of aromatic nitrogens is 1. The minimum absolute atomic E-state index is 0.0325. The normalized spacial score (nSPS) is 14.1. The van der Waals surface area contributed by atoms with Gasteiger partial charge in [0.2, 0.25) is 5.43 Å². The van der Waals surface area contributed by atoms with Crippen LogP contribution in [0.1, 0.15) is 32.7 Å². The van der Waals surface area contributed by atoms with Gasteiger partial charge in [0.15, 0.2) is 12.0 Å². The third-order valence-electron chi connectivity index (χ3n) is 5.37. The molecule has 6 nitrogen and oxygen atoms in total. The maximum Gasteiger partial charge on any atom is 0.227 e. The van der Waals surface area contributed by atoms with Crippen LogP contribution in [-0.4, -0.2) is 29.6 Å². The molecular weight excluding hydrogens is 397 g/mol. The van der Waals surface area contributed by atoms with Gasteiger partial charge in [-0.25, -0.2) is 4.39 Å². The quantitative estimate of drug-likeness (QED) is 0.592. The molecule has 0 aliphatic carbocycles. The topological polar surface area (TPSA) is 54.8 Å². The largest absolute Gasteiger partial charge is 0.483 e. The van der Waals surface area contributed by atoms with Gasteiger partial charge < -0.3 is 4.74 Å². The van der Waals surface area contributed by atoms with Gasteiger partial charge in [0.1, 0.15) is 18.1 Å². The summed E-state index contributed by atoms with van der Waals surface area (Å²) < 4.78 is 21.3. The maximum absolute atomic E-state index is 13.7. The first-order chi connectivity index (χ1) is 15.0. The number of rotatable bonds is 5. The number of ether oxygens (including phenoxy) is 1. The molecule has 2 aromatic carbocycles. The fourth-order valence-corrected chi connectivity index (χ4v) is 3.83. The molecule has 1 aliphatic heterocycles. The van der Waals surface area contributed by atoms with Crippen LogP contribution in [0.15, 0.2) is 59.5 Å². The monoisotopic (exact) mass is 421 g/mol. The number of benzene rings is 2. The summed E-state index contributed by atoms with van der Waals surface area (Å²) in [4.78, 5) is 26.9. The van der Waals surface area contributed by atoms with Gasteiger partial charge in [0.25, 0.3) is 0 Å². The highest BCUT2D eigenvalue weighted by atomic mass is 19.1. The number of carbonyl (C=O) groups excluding carboxylic acids is 1. The highest BCUT2D eigenvalue weighted by Gasteiger charge is 2.23. The van der Waals surface area contributed by atoms with Crippen LogP contribution in [0.25, 0.3) is 0 Å². The van der Waals surface area contributed by atoms with Gasteiger partial charge in [-0.2, -0.15) is 0 Å². The second-order valence-corrected chi connectivity index (χ2v) is 7.83. The molecule has 2 heterocycles. The van der Waals surface area contributed by atoms with E-state index in [1.54, 1.807) is 29.9 Å². The first-order valence-electron chi connectivity index (χ1n) is 10.1. The molecule has 4 rings (SSSR count). The lowest BCUT2D eigenvalue weighted by atomic mass is 10.1. The van der Waals surface area contributed by atoms with Crippen molar-refractivity contribution in [1.82, 2.24) is 9.58 Å². The van der Waals surface area contributed by atoms with Crippen LogP contribution in [-0.2, 0) is 19.7 Å². The van der Waals surface area contributed by atoms with Gasteiger partial charge in [0.05, 0.1) is 13.2 Å². The second-order valence-electron chi connectivity index (χ2n) is 7.83. The molecule has 0 fully saturated rings. The fourth-order valence-electron chi connectivity index (χ4n) is 3.83. The molecule has 3 aromatic rings. The lowest BCUT2D eigenvalue weighted by Crippen LogP contribution is -2.42. The minimum Gasteiger partial charge on any atom is -0.483 e. The van der Waals surface area contributed by atoms with Crippen molar-refractivity contribution in [2.75, 3.05) is 18.7 Å². The Morgan fingerprint density at radius 2 is 1.87 bits per heavy atom. The van der Waals surface area contributed by atoms with E-state index in [4.69, 9.17) is 4.74 Å². The van der Waals surface area contributed by atoms with E-state index in [2.05, 4.69) is 0 Å². The zero-order valence-electron chi connectivity index (χ0n) is 17.5. The van der Waals surface area contributed by atoms with E-state index in [1.165, 1.54) is 6.07 Å². The molecule has 0 radical (unpaired) electrons. The molecule has 1 aromatic heterocycles. The lowest BCUT2D eigenvalue weighted by molar-refractivity contribution is 0.110. The molecule has 0 atom stereocenters. The van der Waals surface area contributed by atoms with Crippen molar-refractivity contribution in [2.45, 2.75) is 26.6 Å². The van der Waals surface area contributed by atoms with Crippen LogP contribution in [0.5, 0.6) is 5.75 Å². The summed E-state index contributed by atoms with van der Waals surface area (Å²) in [5.74, 6) is -0.241. The van der Waals surface area contributed by atoms with E-state index < -0.39 is 0 Å². The highest BCUT2D eigenvalue weighted by molar-refractivity contribution is 5.77. The summed E-state index contributed by atoms with van der Waals surface area (Å²) in [7, 11) is 1.93. The molecule has 160 valence electrons. The number of hydrogen-bond donors (Lipinski definition) is 0. The van der Waals surface area contributed by atoms with Crippen molar-refractivity contribution in [3.63, 3.8) is 0 Å². The standard InChI is InChI=1S/C24H24FN3O3/c1-17-11-28(27-13-19-8-9-21(25)10-20(19)12-26(2)16-27)22(14-29)24(23(17)30)31-15-18-6-4-3-5-7-18/h3-11,14H,12-13,15-16H2,1-2H3. The van der Waals surface area contributed by atoms with E-state index >= 15 is 0 Å². The van der Waals surface area contributed by atoms with Gasteiger partial charge in [-0.05, 0) is 42.8 Å². The molecule has 0 N–H and O–H groups in total. The lowest BCUT2D eigenvalue weighted by Gasteiger charge is -2.31. The Kier molecular flexibility index (Phi) is 5.86. The van der Waals surface area contributed by atoms with Crippen LogP contribution in [0.4, 0.5) is 4.39 Å². The number of pyridine rings is 1. The van der Waals surface area contributed by atoms with E-state index in [0.29, 0.717) is 31.6 Å². The van der Waals surface area contributed by atoms with Crippen LogP contribution in [0, 0.1) is 12.7 Å². The molecule has 0 bridgehead atoms. The fraction of sp³-hybridized carbons (Fsp3) is 0.250. The van der Waals surface area contributed by atoms with Gasteiger partial charge >= 0.3 is 0 Å². The predicted molar refractivity (Wildman–Crippen MR) is 116 cm³/mol. The molecule has 31 heavy (non-hydrogen) atoms. The van der Waals surface area contributed by atoms with Gasteiger partial charge in [-0.1, -0.05) is 36.4 Å². The van der Waals surface area contributed by atoms with Gasteiger partial charge in [-0.3, -0.25) is 24.2 Å². The third kappa shape index (κ3) is 4.36. The summed E-state index contributed by atoms with van der Waals surface area (Å²) in [5, 5.41) is 1.94. The minimum atomic E-state index is -0.306. The summed E-state index contributed by atoms with van der Waals surface area (Å²) >= 11 is 0. The maximum atomic E-state index is 13.7. The van der Waals surface area contributed by atoms with Crippen molar-refractivity contribution in [3.8, 4) is 5.75 Å². The number of hydrogen-bond acceptors (Lipinski definition) is 5. The second kappa shape index (κ2) is 8.73. The zero-order valence-corrected chi connectivity index (χ0v) is 17.5. The average molecular weight is 421 g/mol. The smallest absolute Gasteiger partial charge is 0.227 e. The molecule has 0 spiro atoms. The molecule has 0 amide bonds. The number of aryl methyl sites for hydroxylation is 1. The number of carbonyl (C=O) groups is 1. The first-order valence-corrected chi connectivity index (χ1v) is 10.1. The van der Waals surface area contributed by atoms with Crippen molar-refractivity contribution < 1.29 is 13.9 Å². The van der Waals surface area contributed by atoms with E-state index in [1.807, 2.05) is 47.3 Å². The molecule has 7 heteroatoms. The Morgan fingerprint density at radius 1 is 1.10 bits per heavy atom. The van der Waals surface area contributed by atoms with Crippen LogP contribution in [0.2, 0.25) is 0 Å². The summed E-state index contributed by atoms with van der Waals surface area (Å²) in [6, 6.07) is 14.2. The first kappa shape index (κ1) is 20.8. The summed E-state index contributed by atoms with van der Waals surface area (Å²) in [5.41, 5.74) is 3.09. The van der Waals surface area contributed by atoms with E-state index in [0.717, 1.165) is 16.7 Å². The summed E-state index contributed by atoms with van der Waals surface area (Å²) in [6.07, 6.45) is 2.31. The zero-order chi connectivity index (χ0) is 22.0. The predicted octanol–water partition coefficient (Wildman–Crippen LogP) is 3.23. The Hall–Kier alpha value is -3.45. The van der Waals surface area contributed by atoms with E-state index in [9.17, 15) is 14.0 Å². The molecule has 1 aliphatic rings. The highest BCUT2D eigenvalue weighted by Crippen LogP contribution is 2.22. The van der Waals surface area contributed by atoms with Crippen molar-refractivity contribution in [2.24, 2.45) is 0 Å². The molecular formula is C24H24FN3O3. The van der Waals surface area contributed by atoms with Crippen LogP contribution < -0.4 is 15.2 Å². The molecule has 0 unspecified atom stereocenters. The molecule has 0 saturated carbocycles. The Balaban J connectivity index is 1.74. The number of fused-ring (bicyclic) bond motifs is 1. The molecule has 0 saturated heterocycles. The van der Waals surface area contributed by atoms with Crippen molar-refractivity contribution in [1.29, 1.82) is 0 Å². The van der Waals surface area contributed by atoms with E-state index in [-0.39, 0.29) is 29.3 Å². The van der Waals surface area contributed by atoms with Gasteiger partial charge in [0, 0.05) is 18.3 Å². The third-order valence-corrected chi connectivity index (χ3v) is 5.37. The Morgan fingerprint density at radius 3 is 2.61 bits per heavy atom. The van der Waals surface area contributed by atoms with Crippen LogP contribution >= 0.6 is 0 Å². The Labute approximate surface area is 180 Å². The average Bonchev–Trinajstić information content (AvgIpc) is 2.92. The van der Waals surface area contributed by atoms with Crippen LogP contribution in [0.3, 0.4) is 0 Å². The number of aldehydes is 1. The summed E-state index contributed by atoms with van der Waals surface area (Å²) in [6.45, 7) is 3.41. The van der Waals surface area contributed by atoms with Crippen molar-refractivity contribution >= 4 is 6.29 Å². The van der Waals surface area contributed by atoms with Crippen molar-refractivity contribution in [3.05, 3.63) is 98.7 Å². The number of nitrogens with zero attached hydrogens (tertiary/aromatic N) is 3. The SMILES string of the molecule is Cc1cn(N2Cc3ccc(F)cc3CN(C)C2)c(C=O)c(OCc2ccccc2)c1=O. The number of halogens is 1. The Bertz CT molecular complexity index is 1160.